The van der Waals surface area contributed by atoms with Crippen LogP contribution in [0.15, 0.2) is 53.4 Å². The molecule has 0 aromatic heterocycles. The molecule has 168 valence electrons. The van der Waals surface area contributed by atoms with E-state index in [1.165, 1.54) is 17.0 Å². The Morgan fingerprint density at radius 2 is 1.68 bits per heavy atom. The number of ether oxygens (including phenoxy) is 1. The van der Waals surface area contributed by atoms with Crippen LogP contribution in [-0.2, 0) is 26.2 Å². The number of benzene rings is 2. The Morgan fingerprint density at radius 1 is 1.06 bits per heavy atom. The van der Waals surface area contributed by atoms with Crippen LogP contribution in [0, 0.1) is 5.82 Å². The van der Waals surface area contributed by atoms with Gasteiger partial charge in [-0.15, -0.1) is 0 Å². The van der Waals surface area contributed by atoms with E-state index in [0.717, 1.165) is 29.8 Å². The first kappa shape index (κ1) is 24.1. The van der Waals surface area contributed by atoms with Gasteiger partial charge >= 0.3 is 22.1 Å². The summed E-state index contributed by atoms with van der Waals surface area (Å²) >= 11 is 0. The highest BCUT2D eigenvalue weighted by Gasteiger charge is 2.19. The van der Waals surface area contributed by atoms with Crippen LogP contribution in [0.25, 0.3) is 0 Å². The van der Waals surface area contributed by atoms with E-state index in [2.05, 4.69) is 5.32 Å². The van der Waals surface area contributed by atoms with Gasteiger partial charge < -0.3 is 19.1 Å². The smallest absolute Gasteiger partial charge is 0.339 e. The second kappa shape index (κ2) is 10.8. The molecule has 0 radical (unpaired) electrons. The molecule has 0 heterocycles. The van der Waals surface area contributed by atoms with Crippen molar-refractivity contribution >= 4 is 22.1 Å². The zero-order chi connectivity index (χ0) is 23.0. The summed E-state index contributed by atoms with van der Waals surface area (Å²) in [7, 11) is -4.10. The van der Waals surface area contributed by atoms with Gasteiger partial charge in [0.1, 0.15) is 23.0 Å². The van der Waals surface area contributed by atoms with Crippen LogP contribution in [0.3, 0.4) is 0 Å². The Labute approximate surface area is 181 Å². The van der Waals surface area contributed by atoms with Crippen molar-refractivity contribution in [1.29, 1.82) is 0 Å². The van der Waals surface area contributed by atoms with Crippen LogP contribution >= 0.6 is 0 Å². The first-order chi connectivity index (χ1) is 14.6. The Hall–Kier alpha value is -3.14. The molecule has 0 aliphatic carbocycles. The lowest BCUT2D eigenvalue weighted by Gasteiger charge is -2.27. The first-order valence-electron chi connectivity index (χ1n) is 9.61. The fourth-order valence-electron chi connectivity index (χ4n) is 2.57. The number of amides is 2. The van der Waals surface area contributed by atoms with Gasteiger partial charge in [0.2, 0.25) is 0 Å². The van der Waals surface area contributed by atoms with Crippen molar-refractivity contribution in [1.82, 2.24) is 10.2 Å². The molecule has 2 amide bonds. The van der Waals surface area contributed by atoms with Crippen molar-refractivity contribution in [2.45, 2.75) is 38.3 Å². The molecule has 1 N–H and O–H groups in total. The molecule has 0 aliphatic heterocycles. The first-order valence-corrected chi connectivity index (χ1v) is 11.0. The van der Waals surface area contributed by atoms with Crippen molar-refractivity contribution in [3.05, 3.63) is 59.9 Å². The van der Waals surface area contributed by atoms with E-state index < -0.39 is 27.9 Å². The summed E-state index contributed by atoms with van der Waals surface area (Å²) < 4.78 is 47.4. The molecule has 0 saturated heterocycles. The predicted molar refractivity (Wildman–Crippen MR) is 111 cm³/mol. The van der Waals surface area contributed by atoms with Crippen molar-refractivity contribution in [3.63, 3.8) is 0 Å². The molecule has 2 aromatic rings. The maximum absolute atomic E-state index is 13.0. The lowest BCUT2D eigenvalue weighted by Crippen LogP contribution is -2.45. The van der Waals surface area contributed by atoms with Crippen LogP contribution < -0.4 is 9.50 Å². The number of esters is 1. The number of carbonyl (C=O) groups excluding carboxylic acids is 2. The summed E-state index contributed by atoms with van der Waals surface area (Å²) in [5, 5.41) is 2.52. The molecule has 0 atom stereocenters. The highest BCUT2D eigenvalue weighted by molar-refractivity contribution is 7.87. The summed E-state index contributed by atoms with van der Waals surface area (Å²) in [6.07, 6.45) is 0. The minimum atomic E-state index is -4.10. The molecule has 2 rings (SSSR count). The molecular formula is C21H25FN2O6S. The minimum absolute atomic E-state index is 0.0796. The van der Waals surface area contributed by atoms with E-state index in [-0.39, 0.29) is 36.4 Å². The Morgan fingerprint density at radius 3 is 2.23 bits per heavy atom. The molecule has 0 saturated carbocycles. The highest BCUT2D eigenvalue weighted by Crippen LogP contribution is 2.20. The van der Waals surface area contributed by atoms with Gasteiger partial charge in [0.05, 0.1) is 6.61 Å². The minimum Gasteiger partial charge on any atom is -0.465 e. The topological polar surface area (TPSA) is 102 Å². The number of rotatable bonds is 9. The molecular weight excluding hydrogens is 427 g/mol. The molecule has 2 aromatic carbocycles. The molecule has 0 aliphatic rings. The molecule has 0 fully saturated rings. The third kappa shape index (κ3) is 7.25. The lowest BCUT2D eigenvalue weighted by molar-refractivity contribution is -0.141. The monoisotopic (exact) mass is 452 g/mol. The van der Waals surface area contributed by atoms with Gasteiger partial charge in [-0.1, -0.05) is 12.1 Å². The predicted octanol–water partition coefficient (Wildman–Crippen LogP) is 3.08. The zero-order valence-electron chi connectivity index (χ0n) is 17.5. The third-order valence-electron chi connectivity index (χ3n) is 4.16. The number of urea groups is 1. The van der Waals surface area contributed by atoms with E-state index in [4.69, 9.17) is 8.92 Å². The largest absolute Gasteiger partial charge is 0.465 e. The van der Waals surface area contributed by atoms with Crippen molar-refractivity contribution in [2.75, 3.05) is 13.2 Å². The zero-order valence-corrected chi connectivity index (χ0v) is 18.3. The maximum Gasteiger partial charge on any atom is 0.339 e. The molecule has 0 spiro atoms. The molecule has 0 bridgehead atoms. The summed E-state index contributed by atoms with van der Waals surface area (Å²) in [5.41, 5.74) is 0.728. The molecule has 31 heavy (non-hydrogen) atoms. The van der Waals surface area contributed by atoms with E-state index in [0.29, 0.717) is 0 Å². The van der Waals surface area contributed by atoms with Crippen LogP contribution in [0.5, 0.6) is 5.75 Å². The number of halogens is 1. The SMILES string of the molecule is CCOC(=O)CNC(=O)N(Cc1ccc(OS(=O)(=O)c2ccc(F)cc2)cc1)C(C)C. The number of carbonyl (C=O) groups is 2. The third-order valence-corrected chi connectivity index (χ3v) is 5.42. The second-order valence-corrected chi connectivity index (χ2v) is 8.37. The lowest BCUT2D eigenvalue weighted by atomic mass is 10.2. The van der Waals surface area contributed by atoms with Gasteiger partial charge in [0.15, 0.2) is 0 Å². The summed E-state index contributed by atoms with van der Waals surface area (Å²) in [6, 6.07) is 9.91. The molecule has 0 unspecified atom stereocenters. The van der Waals surface area contributed by atoms with Crippen LogP contribution in [-0.4, -0.2) is 44.5 Å². The van der Waals surface area contributed by atoms with E-state index >= 15 is 0 Å². The van der Waals surface area contributed by atoms with E-state index in [9.17, 15) is 22.4 Å². The maximum atomic E-state index is 13.0. The number of nitrogens with zero attached hydrogens (tertiary/aromatic N) is 1. The standard InChI is InChI=1S/C21H25FN2O6S/c1-4-29-20(25)13-23-21(26)24(15(2)3)14-16-5-9-18(10-6-16)30-31(27,28)19-11-7-17(22)8-12-19/h5-12,15H,4,13-14H2,1-3H3,(H,23,26). The summed E-state index contributed by atoms with van der Waals surface area (Å²) in [6.45, 7) is 5.57. The van der Waals surface area contributed by atoms with Gasteiger partial charge in [0, 0.05) is 12.6 Å². The van der Waals surface area contributed by atoms with Gasteiger partial charge in [-0.3, -0.25) is 4.79 Å². The van der Waals surface area contributed by atoms with E-state index in [1.807, 2.05) is 13.8 Å². The Kier molecular flexibility index (Phi) is 8.38. The average Bonchev–Trinajstić information content (AvgIpc) is 2.71. The van der Waals surface area contributed by atoms with Gasteiger partial charge in [-0.2, -0.15) is 8.42 Å². The molecule has 8 nitrogen and oxygen atoms in total. The number of nitrogens with one attached hydrogen (secondary N) is 1. The van der Waals surface area contributed by atoms with Gasteiger partial charge in [-0.25, -0.2) is 9.18 Å². The number of hydrogen-bond acceptors (Lipinski definition) is 6. The summed E-state index contributed by atoms with van der Waals surface area (Å²) in [4.78, 5) is 25.2. The van der Waals surface area contributed by atoms with Gasteiger partial charge in [-0.05, 0) is 62.7 Å². The van der Waals surface area contributed by atoms with Crippen LogP contribution in [0.1, 0.15) is 26.3 Å². The highest BCUT2D eigenvalue weighted by atomic mass is 32.2. The van der Waals surface area contributed by atoms with Crippen LogP contribution in [0.4, 0.5) is 9.18 Å². The summed E-state index contributed by atoms with van der Waals surface area (Å²) in [5.74, 6) is -0.997. The fraction of sp³-hybridized carbons (Fsp3) is 0.333. The van der Waals surface area contributed by atoms with Gasteiger partial charge in [0.25, 0.3) is 0 Å². The number of hydrogen-bond donors (Lipinski definition) is 1. The van der Waals surface area contributed by atoms with Crippen LogP contribution in [0.2, 0.25) is 0 Å². The Balaban J connectivity index is 2.03. The Bertz CT molecular complexity index is 992. The molecule has 10 heteroatoms. The average molecular weight is 453 g/mol. The second-order valence-electron chi connectivity index (χ2n) is 6.82. The normalized spacial score (nSPS) is 11.1. The van der Waals surface area contributed by atoms with Crippen molar-refractivity contribution in [3.8, 4) is 5.75 Å². The van der Waals surface area contributed by atoms with Crippen molar-refractivity contribution in [2.24, 2.45) is 0 Å². The fourth-order valence-corrected chi connectivity index (χ4v) is 3.50. The van der Waals surface area contributed by atoms with E-state index in [1.54, 1.807) is 19.1 Å². The quantitative estimate of drug-likeness (QED) is 0.463. The van der Waals surface area contributed by atoms with Crippen molar-refractivity contribution < 1.29 is 31.3 Å².